The van der Waals surface area contributed by atoms with Gasteiger partial charge in [-0.05, 0) is 6.92 Å². The molecular formula is C8H13F6NO2. The van der Waals surface area contributed by atoms with E-state index in [0.29, 0.717) is 0 Å². The molecule has 1 atom stereocenters. The zero-order valence-corrected chi connectivity index (χ0v) is 8.90. The lowest BCUT2D eigenvalue weighted by molar-refractivity contribution is -0.322. The van der Waals surface area contributed by atoms with Gasteiger partial charge in [0.1, 0.15) is 0 Å². The molecule has 0 heterocycles. The number of nitrogens with two attached hydrogens (primary N) is 1. The van der Waals surface area contributed by atoms with Crippen molar-refractivity contribution in [3.05, 3.63) is 0 Å². The molecule has 0 aliphatic heterocycles. The van der Waals surface area contributed by atoms with Gasteiger partial charge in [0.05, 0.1) is 12.2 Å². The lowest BCUT2D eigenvalue weighted by atomic mass is 10.0. The minimum atomic E-state index is -5.53. The van der Waals surface area contributed by atoms with Crippen molar-refractivity contribution in [2.24, 2.45) is 5.73 Å². The molecule has 0 aromatic heterocycles. The van der Waals surface area contributed by atoms with Crippen LogP contribution >= 0.6 is 0 Å². The highest BCUT2D eigenvalue weighted by Gasteiger charge is 2.57. The van der Waals surface area contributed by atoms with E-state index in [0.717, 1.165) is 0 Å². The summed E-state index contributed by atoms with van der Waals surface area (Å²) in [6.07, 6.45) is -15.3. The first kappa shape index (κ1) is 16.5. The molecule has 0 radical (unpaired) electrons. The first-order chi connectivity index (χ1) is 7.40. The molecule has 0 rings (SSSR count). The van der Waals surface area contributed by atoms with Crippen LogP contribution in [-0.2, 0) is 4.74 Å². The average molecular weight is 269 g/mol. The molecule has 0 aromatic rings. The molecule has 9 heteroatoms. The summed E-state index contributed by atoms with van der Waals surface area (Å²) in [5.41, 5.74) is 3.49. The van der Waals surface area contributed by atoms with Crippen LogP contribution in [0.15, 0.2) is 0 Å². The Morgan fingerprint density at radius 2 is 1.53 bits per heavy atom. The van der Waals surface area contributed by atoms with Crippen molar-refractivity contribution < 1.29 is 36.2 Å². The Hall–Kier alpha value is -0.540. The lowest BCUT2D eigenvalue weighted by Gasteiger charge is -2.26. The van der Waals surface area contributed by atoms with Crippen LogP contribution in [0.4, 0.5) is 26.3 Å². The summed E-state index contributed by atoms with van der Waals surface area (Å²) in [7, 11) is 0. The number of ether oxygens (including phenoxy) is 1. The van der Waals surface area contributed by atoms with E-state index in [1.165, 1.54) is 6.92 Å². The Balaban J connectivity index is 4.41. The van der Waals surface area contributed by atoms with Gasteiger partial charge in [0.2, 0.25) is 6.10 Å². The van der Waals surface area contributed by atoms with Crippen molar-refractivity contribution >= 4 is 0 Å². The molecule has 0 fully saturated rings. The third-order valence-corrected chi connectivity index (χ3v) is 1.96. The molecule has 1 unspecified atom stereocenters. The van der Waals surface area contributed by atoms with Crippen LogP contribution in [0.25, 0.3) is 0 Å². The van der Waals surface area contributed by atoms with E-state index in [-0.39, 0.29) is 6.54 Å². The highest BCUT2D eigenvalue weighted by molar-refractivity contribution is 4.78. The number of aliphatic hydroxyl groups is 1. The van der Waals surface area contributed by atoms with E-state index < -0.39 is 37.1 Å². The highest BCUT2D eigenvalue weighted by Crippen LogP contribution is 2.35. The monoisotopic (exact) mass is 269 g/mol. The first-order valence-corrected chi connectivity index (χ1v) is 4.57. The quantitative estimate of drug-likeness (QED) is 0.745. The maximum Gasteiger partial charge on any atom is 0.423 e. The fourth-order valence-corrected chi connectivity index (χ4v) is 0.873. The van der Waals surface area contributed by atoms with Gasteiger partial charge >= 0.3 is 12.4 Å². The number of hydrogen-bond donors (Lipinski definition) is 2. The van der Waals surface area contributed by atoms with Gasteiger partial charge < -0.3 is 15.6 Å². The highest BCUT2D eigenvalue weighted by atomic mass is 19.4. The Labute approximate surface area is 93.5 Å². The summed E-state index contributed by atoms with van der Waals surface area (Å²) in [4.78, 5) is 0. The van der Waals surface area contributed by atoms with Gasteiger partial charge in [0, 0.05) is 13.0 Å². The molecular weight excluding hydrogens is 256 g/mol. The van der Waals surface area contributed by atoms with E-state index in [2.05, 4.69) is 4.74 Å². The van der Waals surface area contributed by atoms with E-state index in [4.69, 9.17) is 5.73 Å². The molecule has 0 bridgehead atoms. The SMILES string of the molecule is CC(O)(CN)CCOC(C(F)(F)F)C(F)(F)F. The van der Waals surface area contributed by atoms with Gasteiger partial charge in [-0.2, -0.15) is 26.3 Å². The summed E-state index contributed by atoms with van der Waals surface area (Å²) in [6, 6.07) is 0. The second kappa shape index (κ2) is 5.40. The largest absolute Gasteiger partial charge is 0.423 e. The van der Waals surface area contributed by atoms with Crippen LogP contribution in [0.2, 0.25) is 0 Å². The van der Waals surface area contributed by atoms with Crippen molar-refractivity contribution in [3.8, 4) is 0 Å². The molecule has 0 saturated heterocycles. The van der Waals surface area contributed by atoms with Crippen LogP contribution in [0, 0.1) is 0 Å². The fourth-order valence-electron chi connectivity index (χ4n) is 0.873. The summed E-state index contributed by atoms with van der Waals surface area (Å²) >= 11 is 0. The first-order valence-electron chi connectivity index (χ1n) is 4.57. The number of hydrogen-bond acceptors (Lipinski definition) is 3. The van der Waals surface area contributed by atoms with Crippen molar-refractivity contribution in [1.82, 2.24) is 0 Å². The second-order valence-corrected chi connectivity index (χ2v) is 3.79. The van der Waals surface area contributed by atoms with E-state index in [1.807, 2.05) is 0 Å². The Kier molecular flexibility index (Phi) is 5.23. The molecule has 0 saturated carbocycles. The van der Waals surface area contributed by atoms with Gasteiger partial charge in [-0.3, -0.25) is 0 Å². The van der Waals surface area contributed by atoms with Gasteiger partial charge in [0.25, 0.3) is 0 Å². The van der Waals surface area contributed by atoms with Gasteiger partial charge in [0.15, 0.2) is 0 Å². The van der Waals surface area contributed by atoms with Crippen LogP contribution in [0.5, 0.6) is 0 Å². The minimum Gasteiger partial charge on any atom is -0.389 e. The molecule has 3 N–H and O–H groups in total. The predicted octanol–water partition coefficient (Wildman–Crippen LogP) is 1.60. The van der Waals surface area contributed by atoms with Crippen LogP contribution in [0.1, 0.15) is 13.3 Å². The summed E-state index contributed by atoms with van der Waals surface area (Å²) < 4.78 is 75.7. The topological polar surface area (TPSA) is 55.5 Å². The fraction of sp³-hybridized carbons (Fsp3) is 1.00. The molecule has 0 aliphatic rings. The number of rotatable bonds is 5. The average Bonchev–Trinajstić information content (AvgIpc) is 2.08. The zero-order valence-electron chi connectivity index (χ0n) is 8.90. The van der Waals surface area contributed by atoms with Crippen molar-refractivity contribution in [1.29, 1.82) is 0 Å². The standard InChI is InChI=1S/C8H13F6NO2/c1-6(16,4-15)2-3-17-5(7(9,10)11)8(12,13)14/h5,16H,2-4,15H2,1H3. The molecule has 0 spiro atoms. The van der Waals surface area contributed by atoms with E-state index >= 15 is 0 Å². The van der Waals surface area contributed by atoms with Crippen molar-refractivity contribution in [2.75, 3.05) is 13.2 Å². The minimum absolute atomic E-state index is 0.293. The Morgan fingerprint density at radius 1 is 1.12 bits per heavy atom. The maximum absolute atomic E-state index is 12.0. The van der Waals surface area contributed by atoms with E-state index in [1.54, 1.807) is 0 Å². The van der Waals surface area contributed by atoms with Crippen molar-refractivity contribution in [3.63, 3.8) is 0 Å². The van der Waals surface area contributed by atoms with Crippen LogP contribution in [0.3, 0.4) is 0 Å². The molecule has 0 amide bonds. The molecule has 0 aliphatic carbocycles. The van der Waals surface area contributed by atoms with Crippen LogP contribution < -0.4 is 5.73 Å². The Morgan fingerprint density at radius 3 is 1.82 bits per heavy atom. The Bertz CT molecular complexity index is 223. The third-order valence-electron chi connectivity index (χ3n) is 1.96. The van der Waals surface area contributed by atoms with Gasteiger partial charge in [-0.15, -0.1) is 0 Å². The summed E-state index contributed by atoms with van der Waals surface area (Å²) in [5.74, 6) is 0. The normalized spacial score (nSPS) is 17.3. The number of halogens is 6. The second-order valence-electron chi connectivity index (χ2n) is 3.79. The molecule has 17 heavy (non-hydrogen) atoms. The molecule has 104 valence electrons. The molecule has 3 nitrogen and oxygen atoms in total. The maximum atomic E-state index is 12.0. The zero-order chi connectivity index (χ0) is 13.9. The predicted molar refractivity (Wildman–Crippen MR) is 46.1 cm³/mol. The van der Waals surface area contributed by atoms with Crippen LogP contribution in [-0.4, -0.2) is 42.3 Å². The number of alkyl halides is 6. The summed E-state index contributed by atoms with van der Waals surface area (Å²) in [5, 5.41) is 9.27. The molecule has 0 aromatic carbocycles. The third kappa shape index (κ3) is 6.08. The van der Waals surface area contributed by atoms with E-state index in [9.17, 15) is 31.4 Å². The smallest absolute Gasteiger partial charge is 0.389 e. The summed E-state index contributed by atoms with van der Waals surface area (Å²) in [6.45, 7) is -0.000503. The van der Waals surface area contributed by atoms with Gasteiger partial charge in [-0.1, -0.05) is 0 Å². The van der Waals surface area contributed by atoms with Crippen molar-refractivity contribution in [2.45, 2.75) is 37.4 Å². The van der Waals surface area contributed by atoms with Gasteiger partial charge in [-0.25, -0.2) is 0 Å². The lowest BCUT2D eigenvalue weighted by Crippen LogP contribution is -2.45.